The molecular weight excluding hydrogens is 644 g/mol. The second kappa shape index (κ2) is 19.2. The van der Waals surface area contributed by atoms with Gasteiger partial charge in [-0.3, -0.25) is 4.99 Å². The van der Waals surface area contributed by atoms with E-state index in [9.17, 15) is 0 Å². The summed E-state index contributed by atoms with van der Waals surface area (Å²) < 4.78 is 39.8. The Bertz CT molecular complexity index is 1750. The predicted molar refractivity (Wildman–Crippen MR) is 205 cm³/mol. The molecule has 0 saturated heterocycles. The van der Waals surface area contributed by atoms with Gasteiger partial charge in [-0.15, -0.1) is 0 Å². The monoisotopic (exact) mass is 694 g/mol. The van der Waals surface area contributed by atoms with E-state index in [2.05, 4.69) is 22.4 Å². The van der Waals surface area contributed by atoms with Crippen LogP contribution in [0.1, 0.15) is 73.4 Å². The second-order valence-electron chi connectivity index (χ2n) is 12.2. The zero-order valence-electron chi connectivity index (χ0n) is 30.4. The first-order valence-electron chi connectivity index (χ1n) is 17.5. The number of para-hydroxylation sites is 1. The molecule has 0 amide bonds. The molecule has 0 bridgehead atoms. The van der Waals surface area contributed by atoms with E-state index in [0.717, 1.165) is 76.6 Å². The summed E-state index contributed by atoms with van der Waals surface area (Å²) in [6.07, 6.45) is 13.6. The van der Waals surface area contributed by atoms with Crippen molar-refractivity contribution in [1.29, 1.82) is 0 Å². The molecular formula is C42H50N2O7. The smallest absolute Gasteiger partial charge is 0.203 e. The molecule has 9 nitrogen and oxygen atoms in total. The Labute approximate surface area is 302 Å². The van der Waals surface area contributed by atoms with Crippen LogP contribution in [0.2, 0.25) is 0 Å². The third-order valence-electron chi connectivity index (χ3n) is 8.77. The lowest BCUT2D eigenvalue weighted by Crippen LogP contribution is -2.14. The van der Waals surface area contributed by atoms with Gasteiger partial charge in [-0.25, -0.2) is 0 Å². The van der Waals surface area contributed by atoms with Crippen molar-refractivity contribution in [3.8, 4) is 40.2 Å². The molecule has 5 rings (SSSR count). The van der Waals surface area contributed by atoms with E-state index >= 15 is 0 Å². The summed E-state index contributed by atoms with van der Waals surface area (Å²) in [5, 5.41) is 3.49. The summed E-state index contributed by atoms with van der Waals surface area (Å²) in [6, 6.07) is 24.0. The van der Waals surface area contributed by atoms with Gasteiger partial charge >= 0.3 is 0 Å². The van der Waals surface area contributed by atoms with Crippen LogP contribution in [0, 0.1) is 0 Å². The number of anilines is 1. The Morgan fingerprint density at radius 1 is 0.549 bits per heavy atom. The zero-order chi connectivity index (χ0) is 35.8. The molecule has 0 spiro atoms. The van der Waals surface area contributed by atoms with E-state index in [0.29, 0.717) is 30.5 Å². The molecule has 51 heavy (non-hydrogen) atoms. The topological polar surface area (TPSA) is 89.0 Å². The number of methoxy groups -OCH3 is 5. The fourth-order valence-electron chi connectivity index (χ4n) is 5.98. The summed E-state index contributed by atoms with van der Waals surface area (Å²) in [5.41, 5.74) is 5.12. The molecule has 1 atom stereocenters. The standard InChI is InChI=1S/C42H50N2O7/c1-45-35-21-19-30(17-18-31-26-39(47-3)41(49-5)40(27-31)48-4)25-38(35)51-24-14-10-8-6-7-9-13-23-50-36-22-20-32(28-37(36)46-2)42-43-29-33-15-11-12-16-34(33)44-42/h11-12,15-22,25-29,42,44H,6-10,13-14,23-24H2,1-5H3. The van der Waals surface area contributed by atoms with Crippen LogP contribution in [0.3, 0.4) is 0 Å². The molecule has 0 aromatic heterocycles. The van der Waals surface area contributed by atoms with Gasteiger partial charge in [0.2, 0.25) is 5.75 Å². The Hall–Kier alpha value is -5.31. The van der Waals surface area contributed by atoms with Gasteiger partial charge in [0.15, 0.2) is 34.5 Å². The summed E-state index contributed by atoms with van der Waals surface area (Å²) in [4.78, 5) is 4.67. The van der Waals surface area contributed by atoms with Gasteiger partial charge < -0.3 is 38.5 Å². The van der Waals surface area contributed by atoms with Crippen molar-refractivity contribution >= 4 is 24.1 Å². The molecule has 1 unspecified atom stereocenters. The number of nitrogens with zero attached hydrogens (tertiary/aromatic N) is 1. The maximum absolute atomic E-state index is 6.15. The number of unbranched alkanes of at least 4 members (excludes halogenated alkanes) is 6. The fraction of sp³-hybridized carbons (Fsp3) is 0.357. The van der Waals surface area contributed by atoms with Crippen molar-refractivity contribution in [2.45, 2.75) is 51.1 Å². The second-order valence-corrected chi connectivity index (χ2v) is 12.2. The van der Waals surface area contributed by atoms with Crippen LogP contribution in [0.15, 0.2) is 77.8 Å². The molecule has 1 N–H and O–H groups in total. The van der Waals surface area contributed by atoms with Crippen molar-refractivity contribution in [2.75, 3.05) is 54.1 Å². The van der Waals surface area contributed by atoms with E-state index in [1.165, 1.54) is 19.3 Å². The summed E-state index contributed by atoms with van der Waals surface area (Å²) in [7, 11) is 8.16. The van der Waals surface area contributed by atoms with Crippen LogP contribution < -0.4 is 38.5 Å². The maximum atomic E-state index is 6.15. The zero-order valence-corrected chi connectivity index (χ0v) is 30.4. The van der Waals surface area contributed by atoms with Gasteiger partial charge in [0.25, 0.3) is 0 Å². The van der Waals surface area contributed by atoms with Gasteiger partial charge in [0, 0.05) is 23.0 Å². The highest BCUT2D eigenvalue weighted by molar-refractivity contribution is 5.89. The highest BCUT2D eigenvalue weighted by atomic mass is 16.5. The Morgan fingerprint density at radius 2 is 1.14 bits per heavy atom. The third-order valence-corrected chi connectivity index (χ3v) is 8.77. The van der Waals surface area contributed by atoms with Gasteiger partial charge in [-0.05, 0) is 66.4 Å². The molecule has 4 aromatic rings. The lowest BCUT2D eigenvalue weighted by atomic mass is 10.1. The molecule has 1 heterocycles. The van der Waals surface area contributed by atoms with Crippen LogP contribution in [-0.2, 0) is 0 Å². The van der Waals surface area contributed by atoms with E-state index in [-0.39, 0.29) is 6.17 Å². The molecule has 1 aliphatic heterocycles. The minimum atomic E-state index is -0.154. The number of ether oxygens (including phenoxy) is 7. The number of aliphatic imine (C=N–C) groups is 1. The molecule has 9 heteroatoms. The fourth-order valence-corrected chi connectivity index (χ4v) is 5.98. The van der Waals surface area contributed by atoms with Crippen molar-refractivity contribution in [3.63, 3.8) is 0 Å². The number of nitrogens with one attached hydrogen (secondary N) is 1. The lowest BCUT2D eigenvalue weighted by Gasteiger charge is -2.22. The Kier molecular flexibility index (Phi) is 13.9. The average molecular weight is 695 g/mol. The normalized spacial score (nSPS) is 13.3. The molecule has 0 aliphatic carbocycles. The van der Waals surface area contributed by atoms with Crippen LogP contribution in [0.4, 0.5) is 5.69 Å². The van der Waals surface area contributed by atoms with E-state index in [4.69, 9.17) is 33.2 Å². The molecule has 0 radical (unpaired) electrons. The van der Waals surface area contributed by atoms with Gasteiger partial charge in [-0.1, -0.05) is 74.6 Å². The van der Waals surface area contributed by atoms with E-state index < -0.39 is 0 Å². The highest BCUT2D eigenvalue weighted by Crippen LogP contribution is 2.39. The first-order valence-corrected chi connectivity index (χ1v) is 17.5. The number of benzene rings is 4. The predicted octanol–water partition coefficient (Wildman–Crippen LogP) is 9.63. The van der Waals surface area contributed by atoms with Crippen LogP contribution in [0.25, 0.3) is 12.2 Å². The quantitative estimate of drug-likeness (QED) is 0.0723. The van der Waals surface area contributed by atoms with Crippen molar-refractivity contribution in [3.05, 3.63) is 95.1 Å². The first kappa shape index (κ1) is 37.0. The molecule has 4 aromatic carbocycles. The Balaban J connectivity index is 0.981. The Morgan fingerprint density at radius 3 is 1.80 bits per heavy atom. The minimum absolute atomic E-state index is 0.154. The van der Waals surface area contributed by atoms with Gasteiger partial charge in [-0.2, -0.15) is 0 Å². The van der Waals surface area contributed by atoms with Crippen molar-refractivity contribution < 1.29 is 33.2 Å². The van der Waals surface area contributed by atoms with Crippen molar-refractivity contribution in [2.24, 2.45) is 4.99 Å². The molecule has 270 valence electrons. The van der Waals surface area contributed by atoms with Crippen LogP contribution in [0.5, 0.6) is 40.2 Å². The summed E-state index contributed by atoms with van der Waals surface area (Å²) in [5.74, 6) is 4.73. The number of fused-ring (bicyclic) bond motifs is 1. The van der Waals surface area contributed by atoms with Crippen molar-refractivity contribution in [1.82, 2.24) is 0 Å². The lowest BCUT2D eigenvalue weighted by molar-refractivity contribution is 0.281. The minimum Gasteiger partial charge on any atom is -0.493 e. The van der Waals surface area contributed by atoms with Crippen LogP contribution >= 0.6 is 0 Å². The van der Waals surface area contributed by atoms with E-state index in [1.807, 2.05) is 79.0 Å². The molecule has 0 fully saturated rings. The highest BCUT2D eigenvalue weighted by Gasteiger charge is 2.18. The summed E-state index contributed by atoms with van der Waals surface area (Å²) >= 11 is 0. The molecule has 0 saturated carbocycles. The largest absolute Gasteiger partial charge is 0.493 e. The van der Waals surface area contributed by atoms with Crippen LogP contribution in [-0.4, -0.2) is 55.0 Å². The number of hydrogen-bond donors (Lipinski definition) is 1. The SMILES string of the molecule is COc1cc(C2N=Cc3ccccc3N2)ccc1OCCCCCCCCCOc1cc(C=Cc2cc(OC)c(OC)c(OC)c2)ccc1OC. The summed E-state index contributed by atoms with van der Waals surface area (Å²) in [6.45, 7) is 1.30. The first-order chi connectivity index (χ1) is 25.1. The number of hydrogen-bond acceptors (Lipinski definition) is 9. The maximum Gasteiger partial charge on any atom is 0.203 e. The third kappa shape index (κ3) is 10.1. The van der Waals surface area contributed by atoms with Gasteiger partial charge in [0.1, 0.15) is 6.17 Å². The number of rotatable bonds is 20. The van der Waals surface area contributed by atoms with Gasteiger partial charge in [0.05, 0.1) is 48.8 Å². The average Bonchev–Trinajstić information content (AvgIpc) is 3.18. The molecule has 1 aliphatic rings. The van der Waals surface area contributed by atoms with E-state index in [1.54, 1.807) is 35.5 Å².